The molecule has 2 heterocycles. The highest BCUT2D eigenvalue weighted by Gasteiger charge is 2.29. The fourth-order valence-corrected chi connectivity index (χ4v) is 11.8. The molecule has 0 saturated heterocycles. The average Bonchev–Trinajstić information content (AvgIpc) is 3.47. The number of nitrogens with zero attached hydrogens (tertiary/aromatic N) is 2. The summed E-state index contributed by atoms with van der Waals surface area (Å²) in [7, 11) is 0. The van der Waals surface area contributed by atoms with E-state index in [9.17, 15) is 0 Å². The van der Waals surface area contributed by atoms with Crippen LogP contribution in [0.5, 0.6) is 0 Å². The minimum Gasteiger partial charge on any atom is -0.453 e. The normalized spacial score (nSPS) is 11.5. The lowest BCUT2D eigenvalue weighted by Gasteiger charge is -2.26. The molecule has 12 aromatic rings. The minimum absolute atomic E-state index is 0.814. The zero-order chi connectivity index (χ0) is 56.1. The van der Waals surface area contributed by atoms with E-state index >= 15 is 0 Å². The van der Waals surface area contributed by atoms with E-state index in [1.807, 2.05) is 0 Å². The molecule has 4 nitrogen and oxygen atoms in total. The standard InChI is InChI=1S/C78H74N2O2/c1-7-11-15-57-25-33-63(34-26-57)75-73(79(65-41-17-53(5)18-42-65)67-45-37-61(38-46-67)59-29-21-55(13-9-3)22-30-59)71-51-49-70-69(77(71)81-75)50-52-72-74(76(82-78(70)72)64-35-27-58(28-36-64)16-12-8-2)80(66-43-19-54(6)20-44-66)68-47-39-62(40-48-68)60-31-23-56(14-10-4)24-32-60/h17-52H,7-16H2,1-6H3. The van der Waals surface area contributed by atoms with Crippen molar-refractivity contribution in [2.24, 2.45) is 0 Å². The molecular weight excluding hydrogens is 997 g/mol. The third-order valence-corrected chi connectivity index (χ3v) is 16.5. The molecule has 0 aliphatic carbocycles. The van der Waals surface area contributed by atoms with Crippen LogP contribution in [-0.2, 0) is 25.7 Å². The van der Waals surface area contributed by atoms with Crippen LogP contribution in [0.4, 0.5) is 34.1 Å². The van der Waals surface area contributed by atoms with Gasteiger partial charge in [0.1, 0.15) is 22.5 Å². The second kappa shape index (κ2) is 24.1. The maximum Gasteiger partial charge on any atom is 0.159 e. The molecule has 4 heteroatoms. The lowest BCUT2D eigenvalue weighted by Crippen LogP contribution is -2.10. The molecule has 2 aromatic heterocycles. The van der Waals surface area contributed by atoms with Gasteiger partial charge in [0.2, 0.25) is 0 Å². The molecule has 12 rings (SSSR count). The van der Waals surface area contributed by atoms with Crippen molar-refractivity contribution in [1.29, 1.82) is 0 Å². The fourth-order valence-electron chi connectivity index (χ4n) is 11.8. The van der Waals surface area contributed by atoms with E-state index < -0.39 is 0 Å². The molecule has 408 valence electrons. The van der Waals surface area contributed by atoms with Gasteiger partial charge in [-0.05, 0) is 170 Å². The summed E-state index contributed by atoms with van der Waals surface area (Å²) in [6, 6.07) is 81.1. The molecule has 0 amide bonds. The molecule has 0 bridgehead atoms. The Balaban J connectivity index is 1.06. The van der Waals surface area contributed by atoms with Gasteiger partial charge in [-0.15, -0.1) is 0 Å². The smallest absolute Gasteiger partial charge is 0.159 e. The van der Waals surface area contributed by atoms with Crippen LogP contribution in [0.3, 0.4) is 0 Å². The zero-order valence-corrected chi connectivity index (χ0v) is 48.6. The van der Waals surface area contributed by atoms with Gasteiger partial charge in [0, 0.05) is 55.4 Å². The molecule has 0 fully saturated rings. The number of unbranched alkanes of at least 4 members (excludes halogenated alkanes) is 2. The van der Waals surface area contributed by atoms with Crippen LogP contribution in [0, 0.1) is 13.8 Å². The van der Waals surface area contributed by atoms with Crippen molar-refractivity contribution in [3.8, 4) is 44.9 Å². The number of fused-ring (bicyclic) bond motifs is 5. The van der Waals surface area contributed by atoms with Crippen molar-refractivity contribution in [2.75, 3.05) is 9.80 Å². The first kappa shape index (κ1) is 53.8. The Hall–Kier alpha value is -8.86. The van der Waals surface area contributed by atoms with Crippen molar-refractivity contribution in [2.45, 2.75) is 106 Å². The first-order chi connectivity index (χ1) is 40.3. The van der Waals surface area contributed by atoms with Crippen molar-refractivity contribution in [3.05, 3.63) is 252 Å². The lowest BCUT2D eigenvalue weighted by molar-refractivity contribution is 0.632. The van der Waals surface area contributed by atoms with Crippen LogP contribution in [-0.4, -0.2) is 0 Å². The summed E-state index contributed by atoms with van der Waals surface area (Å²) in [5, 5.41) is 4.01. The van der Waals surface area contributed by atoms with E-state index in [1.165, 1.54) is 55.6 Å². The second-order valence-electron chi connectivity index (χ2n) is 22.5. The summed E-state index contributed by atoms with van der Waals surface area (Å²) in [4.78, 5) is 4.78. The summed E-state index contributed by atoms with van der Waals surface area (Å²) in [5.74, 6) is 1.63. The SMILES string of the molecule is CCCCc1ccc(-c2oc3c(ccc4c3ccc3c(N(c5ccc(C)cc5)c5ccc(-c6ccc(CCC)cc6)cc5)c(-c5ccc(CCCC)cc5)oc34)c2N(c2ccc(C)cc2)c2ccc(-c3ccc(CCC)cc3)cc2)cc1. The number of benzene rings is 10. The third-order valence-electron chi connectivity index (χ3n) is 16.5. The largest absolute Gasteiger partial charge is 0.453 e. The minimum atomic E-state index is 0.814. The van der Waals surface area contributed by atoms with Crippen molar-refractivity contribution >= 4 is 66.8 Å². The molecule has 0 aliphatic heterocycles. The molecule has 82 heavy (non-hydrogen) atoms. The predicted molar refractivity (Wildman–Crippen MR) is 349 cm³/mol. The number of rotatable bonds is 20. The van der Waals surface area contributed by atoms with Gasteiger partial charge in [0.05, 0.1) is 0 Å². The van der Waals surface area contributed by atoms with E-state index in [0.29, 0.717) is 0 Å². The van der Waals surface area contributed by atoms with Crippen LogP contribution in [0.15, 0.2) is 227 Å². The van der Waals surface area contributed by atoms with Gasteiger partial charge in [-0.25, -0.2) is 0 Å². The molecule has 0 saturated carbocycles. The number of furan rings is 2. The highest BCUT2D eigenvalue weighted by atomic mass is 16.3. The highest BCUT2D eigenvalue weighted by Crippen LogP contribution is 2.53. The molecular formula is C78H74N2O2. The Morgan fingerprint density at radius 2 is 0.537 bits per heavy atom. The van der Waals surface area contributed by atoms with Crippen LogP contribution >= 0.6 is 0 Å². The molecule has 0 atom stereocenters. The van der Waals surface area contributed by atoms with E-state index in [-0.39, 0.29) is 0 Å². The topological polar surface area (TPSA) is 32.8 Å². The Morgan fingerprint density at radius 1 is 0.268 bits per heavy atom. The van der Waals surface area contributed by atoms with Crippen molar-refractivity contribution in [3.63, 3.8) is 0 Å². The second-order valence-corrected chi connectivity index (χ2v) is 22.5. The Kier molecular flexibility index (Phi) is 15.8. The Bertz CT molecular complexity index is 3820. The number of hydrogen-bond acceptors (Lipinski definition) is 4. The monoisotopic (exact) mass is 1070 g/mol. The maximum atomic E-state index is 7.48. The van der Waals surface area contributed by atoms with Gasteiger partial charge in [-0.1, -0.05) is 210 Å². The maximum absolute atomic E-state index is 7.48. The van der Waals surface area contributed by atoms with E-state index in [0.717, 1.165) is 154 Å². The summed E-state index contributed by atoms with van der Waals surface area (Å²) in [6.45, 7) is 13.3. The number of anilines is 6. The molecule has 0 N–H and O–H groups in total. The first-order valence-electron chi connectivity index (χ1n) is 30.0. The number of hydrogen-bond donors (Lipinski definition) is 0. The Morgan fingerprint density at radius 3 is 0.841 bits per heavy atom. The summed E-state index contributed by atoms with van der Waals surface area (Å²) < 4.78 is 15.0. The van der Waals surface area contributed by atoms with Gasteiger partial charge in [-0.3, -0.25) is 0 Å². The van der Waals surface area contributed by atoms with Crippen molar-refractivity contribution < 1.29 is 8.83 Å². The molecule has 0 aliphatic rings. The van der Waals surface area contributed by atoms with E-state index in [1.54, 1.807) is 0 Å². The summed E-state index contributed by atoms with van der Waals surface area (Å²) in [6.07, 6.45) is 11.1. The van der Waals surface area contributed by atoms with Gasteiger partial charge >= 0.3 is 0 Å². The van der Waals surface area contributed by atoms with Gasteiger partial charge < -0.3 is 18.6 Å². The summed E-state index contributed by atoms with van der Waals surface area (Å²) in [5.41, 5.74) is 22.5. The van der Waals surface area contributed by atoms with Gasteiger partial charge in [0.15, 0.2) is 11.5 Å². The van der Waals surface area contributed by atoms with Crippen LogP contribution in [0.25, 0.3) is 77.6 Å². The molecule has 0 unspecified atom stereocenters. The van der Waals surface area contributed by atoms with Crippen LogP contribution < -0.4 is 9.80 Å². The van der Waals surface area contributed by atoms with Crippen molar-refractivity contribution in [1.82, 2.24) is 0 Å². The highest BCUT2D eigenvalue weighted by molar-refractivity contribution is 6.21. The van der Waals surface area contributed by atoms with E-state index in [4.69, 9.17) is 8.83 Å². The summed E-state index contributed by atoms with van der Waals surface area (Å²) >= 11 is 0. The molecule has 0 spiro atoms. The fraction of sp³-hybridized carbons (Fsp3) is 0.205. The van der Waals surface area contributed by atoms with Crippen LogP contribution in [0.1, 0.15) is 99.6 Å². The Labute approximate surface area is 485 Å². The lowest BCUT2D eigenvalue weighted by atomic mass is 9.99. The quantitative estimate of drug-likeness (QED) is 0.0761. The molecule has 10 aromatic carbocycles. The zero-order valence-electron chi connectivity index (χ0n) is 48.6. The van der Waals surface area contributed by atoms with Gasteiger partial charge in [0.25, 0.3) is 0 Å². The first-order valence-corrected chi connectivity index (χ1v) is 30.0. The number of aryl methyl sites for hydroxylation is 6. The average molecular weight is 1070 g/mol. The molecule has 0 radical (unpaired) electrons. The predicted octanol–water partition coefficient (Wildman–Crippen LogP) is 23.1. The van der Waals surface area contributed by atoms with Crippen LogP contribution in [0.2, 0.25) is 0 Å². The third kappa shape index (κ3) is 10.9. The van der Waals surface area contributed by atoms with E-state index in [2.05, 4.69) is 270 Å². The van der Waals surface area contributed by atoms with Gasteiger partial charge in [-0.2, -0.15) is 0 Å².